The Kier molecular flexibility index (Phi) is 4.95. The third-order valence-electron chi connectivity index (χ3n) is 3.00. The molecule has 0 saturated carbocycles. The molecule has 4 nitrogen and oxygen atoms in total. The number of carbonyl (C=O) groups is 1. The zero-order chi connectivity index (χ0) is 13.1. The van der Waals surface area contributed by atoms with Crippen LogP contribution in [0.25, 0.3) is 0 Å². The summed E-state index contributed by atoms with van der Waals surface area (Å²) >= 11 is 0. The maximum Gasteiger partial charge on any atom is 0.223 e. The van der Waals surface area contributed by atoms with Gasteiger partial charge in [0.2, 0.25) is 5.91 Å². The maximum atomic E-state index is 11.8. The van der Waals surface area contributed by atoms with Crippen LogP contribution in [0.3, 0.4) is 0 Å². The van der Waals surface area contributed by atoms with Gasteiger partial charge in [-0.1, -0.05) is 0 Å². The molecule has 4 heteroatoms. The van der Waals surface area contributed by atoms with Crippen LogP contribution in [0, 0.1) is 5.92 Å². The predicted octanol–water partition coefficient (Wildman–Crippen LogP) is 0.994. The fraction of sp³-hybridized carbons (Fsp3) is 0.923. The minimum atomic E-state index is -0.646. The molecule has 0 atom stereocenters. The van der Waals surface area contributed by atoms with Crippen molar-refractivity contribution in [1.82, 2.24) is 10.2 Å². The largest absolute Gasteiger partial charge is 0.389 e. The van der Waals surface area contributed by atoms with Crippen molar-refractivity contribution in [3.8, 4) is 0 Å². The van der Waals surface area contributed by atoms with Gasteiger partial charge >= 0.3 is 0 Å². The predicted molar refractivity (Wildman–Crippen MR) is 68.7 cm³/mol. The van der Waals surface area contributed by atoms with Crippen LogP contribution in [0.2, 0.25) is 0 Å². The number of hydrogen-bond acceptors (Lipinski definition) is 3. The molecule has 0 radical (unpaired) electrons. The van der Waals surface area contributed by atoms with E-state index in [2.05, 4.69) is 10.2 Å². The Hall–Kier alpha value is -0.610. The van der Waals surface area contributed by atoms with E-state index in [-0.39, 0.29) is 17.9 Å². The van der Waals surface area contributed by atoms with Gasteiger partial charge in [0.1, 0.15) is 0 Å². The van der Waals surface area contributed by atoms with E-state index in [0.29, 0.717) is 6.54 Å². The normalized spacial score (nSPS) is 19.6. The standard InChI is InChI=1S/C13H26N2O2/c1-10(2)14-12(16)11-5-7-15(8-6-11)9-13(3,4)17/h10-11,17H,5-9H2,1-4H3,(H,14,16). The van der Waals surface area contributed by atoms with E-state index in [1.165, 1.54) is 0 Å². The number of β-amino-alcohol motifs (C(OH)–C–C–N with tert-alkyl or cyclic N) is 1. The Bertz CT molecular complexity index is 251. The van der Waals surface area contributed by atoms with Crippen LogP contribution in [0.15, 0.2) is 0 Å². The van der Waals surface area contributed by atoms with Crippen molar-refractivity contribution in [2.45, 2.75) is 52.2 Å². The van der Waals surface area contributed by atoms with E-state index in [1.54, 1.807) is 0 Å². The summed E-state index contributed by atoms with van der Waals surface area (Å²) in [4.78, 5) is 14.1. The molecule has 2 N–H and O–H groups in total. The second-order valence-electron chi connectivity index (χ2n) is 6.03. The molecule has 1 aliphatic rings. The molecule has 17 heavy (non-hydrogen) atoms. The second kappa shape index (κ2) is 5.83. The molecular formula is C13H26N2O2. The highest BCUT2D eigenvalue weighted by molar-refractivity contribution is 5.78. The first-order valence-electron chi connectivity index (χ1n) is 6.53. The number of nitrogens with zero attached hydrogens (tertiary/aromatic N) is 1. The molecule has 1 aliphatic heterocycles. The van der Waals surface area contributed by atoms with Gasteiger partial charge in [0.15, 0.2) is 0 Å². The lowest BCUT2D eigenvalue weighted by Crippen LogP contribution is -2.46. The van der Waals surface area contributed by atoms with Gasteiger partial charge in [0.05, 0.1) is 5.60 Å². The van der Waals surface area contributed by atoms with Crippen LogP contribution in [0.4, 0.5) is 0 Å². The van der Waals surface area contributed by atoms with Crippen LogP contribution < -0.4 is 5.32 Å². The Morgan fingerprint density at radius 3 is 2.35 bits per heavy atom. The minimum absolute atomic E-state index is 0.149. The van der Waals surface area contributed by atoms with Crippen molar-refractivity contribution in [3.63, 3.8) is 0 Å². The molecule has 100 valence electrons. The molecule has 0 aliphatic carbocycles. The first-order chi connectivity index (χ1) is 7.78. The Morgan fingerprint density at radius 2 is 1.94 bits per heavy atom. The molecule has 1 heterocycles. The van der Waals surface area contributed by atoms with Crippen molar-refractivity contribution in [2.75, 3.05) is 19.6 Å². The zero-order valence-corrected chi connectivity index (χ0v) is 11.5. The lowest BCUT2D eigenvalue weighted by Gasteiger charge is -2.34. The molecule has 0 unspecified atom stereocenters. The quantitative estimate of drug-likeness (QED) is 0.773. The topological polar surface area (TPSA) is 52.6 Å². The van der Waals surface area contributed by atoms with Gasteiger partial charge in [-0.05, 0) is 53.6 Å². The highest BCUT2D eigenvalue weighted by Gasteiger charge is 2.27. The fourth-order valence-electron chi connectivity index (χ4n) is 2.30. The SMILES string of the molecule is CC(C)NC(=O)C1CCN(CC(C)(C)O)CC1. The first-order valence-corrected chi connectivity index (χ1v) is 6.53. The van der Waals surface area contributed by atoms with E-state index in [9.17, 15) is 9.90 Å². The van der Waals surface area contributed by atoms with E-state index < -0.39 is 5.60 Å². The molecule has 1 rings (SSSR count). The van der Waals surface area contributed by atoms with Crippen LogP contribution in [0.1, 0.15) is 40.5 Å². The third-order valence-corrected chi connectivity index (χ3v) is 3.00. The van der Waals surface area contributed by atoms with Gasteiger partial charge < -0.3 is 15.3 Å². The molecule has 0 bridgehead atoms. The number of aliphatic hydroxyl groups is 1. The highest BCUT2D eigenvalue weighted by Crippen LogP contribution is 2.19. The lowest BCUT2D eigenvalue weighted by atomic mass is 9.94. The Morgan fingerprint density at radius 1 is 1.41 bits per heavy atom. The Balaban J connectivity index is 2.33. The first kappa shape index (κ1) is 14.5. The van der Waals surface area contributed by atoms with Crippen molar-refractivity contribution in [1.29, 1.82) is 0 Å². The minimum Gasteiger partial charge on any atom is -0.389 e. The van der Waals surface area contributed by atoms with Gasteiger partial charge in [0.25, 0.3) is 0 Å². The summed E-state index contributed by atoms with van der Waals surface area (Å²) in [5, 5.41) is 12.7. The van der Waals surface area contributed by atoms with Gasteiger partial charge in [-0.2, -0.15) is 0 Å². The van der Waals surface area contributed by atoms with E-state index >= 15 is 0 Å². The number of nitrogens with one attached hydrogen (secondary N) is 1. The Labute approximate surface area is 104 Å². The van der Waals surface area contributed by atoms with Crippen LogP contribution in [-0.2, 0) is 4.79 Å². The van der Waals surface area contributed by atoms with E-state index in [1.807, 2.05) is 27.7 Å². The highest BCUT2D eigenvalue weighted by atomic mass is 16.3. The third kappa shape index (κ3) is 5.50. The van der Waals surface area contributed by atoms with Gasteiger partial charge in [-0.15, -0.1) is 0 Å². The molecule has 0 aromatic heterocycles. The smallest absolute Gasteiger partial charge is 0.223 e. The molecule has 1 fully saturated rings. The monoisotopic (exact) mass is 242 g/mol. The molecular weight excluding hydrogens is 216 g/mol. The van der Waals surface area contributed by atoms with Crippen LogP contribution >= 0.6 is 0 Å². The average molecular weight is 242 g/mol. The summed E-state index contributed by atoms with van der Waals surface area (Å²) in [5.41, 5.74) is -0.646. The van der Waals surface area contributed by atoms with E-state index in [0.717, 1.165) is 25.9 Å². The summed E-state index contributed by atoms with van der Waals surface area (Å²) in [6.45, 7) is 10.1. The van der Waals surface area contributed by atoms with Gasteiger partial charge in [0, 0.05) is 18.5 Å². The summed E-state index contributed by atoms with van der Waals surface area (Å²) in [5.74, 6) is 0.332. The van der Waals surface area contributed by atoms with Crippen molar-refractivity contribution >= 4 is 5.91 Å². The molecule has 1 amide bonds. The summed E-state index contributed by atoms with van der Waals surface area (Å²) in [6, 6.07) is 0.219. The summed E-state index contributed by atoms with van der Waals surface area (Å²) < 4.78 is 0. The number of carbonyl (C=O) groups excluding carboxylic acids is 1. The van der Waals surface area contributed by atoms with Crippen LogP contribution in [0.5, 0.6) is 0 Å². The summed E-state index contributed by atoms with van der Waals surface area (Å²) in [7, 11) is 0. The van der Waals surface area contributed by atoms with Crippen molar-refractivity contribution < 1.29 is 9.90 Å². The van der Waals surface area contributed by atoms with Gasteiger partial charge in [-0.3, -0.25) is 4.79 Å². The molecule has 0 aromatic carbocycles. The molecule has 0 spiro atoms. The van der Waals surface area contributed by atoms with E-state index in [4.69, 9.17) is 0 Å². The van der Waals surface area contributed by atoms with Crippen molar-refractivity contribution in [3.05, 3.63) is 0 Å². The number of rotatable bonds is 4. The number of likely N-dealkylation sites (tertiary alicyclic amines) is 1. The summed E-state index contributed by atoms with van der Waals surface area (Å²) in [6.07, 6.45) is 1.79. The molecule has 0 aromatic rings. The number of hydrogen-bond donors (Lipinski definition) is 2. The maximum absolute atomic E-state index is 11.8. The fourth-order valence-corrected chi connectivity index (χ4v) is 2.30. The number of amides is 1. The average Bonchev–Trinajstić information content (AvgIpc) is 2.15. The number of piperidine rings is 1. The zero-order valence-electron chi connectivity index (χ0n) is 11.5. The van der Waals surface area contributed by atoms with Crippen molar-refractivity contribution in [2.24, 2.45) is 5.92 Å². The second-order valence-corrected chi connectivity index (χ2v) is 6.03. The molecule has 1 saturated heterocycles. The lowest BCUT2D eigenvalue weighted by molar-refractivity contribution is -0.127. The van der Waals surface area contributed by atoms with Crippen LogP contribution in [-0.4, -0.2) is 47.2 Å². The van der Waals surface area contributed by atoms with Gasteiger partial charge in [-0.25, -0.2) is 0 Å².